The molecule has 130 valence electrons. The maximum Gasteiger partial charge on any atom is 0.416 e. The van der Waals surface area contributed by atoms with Crippen LogP contribution in [-0.4, -0.2) is 32.4 Å². The highest BCUT2D eigenvalue weighted by molar-refractivity contribution is 5.29. The minimum Gasteiger partial charge on any atom is -0.392 e. The molecule has 4 nitrogen and oxygen atoms in total. The first kappa shape index (κ1) is 17.0. The van der Waals surface area contributed by atoms with E-state index in [4.69, 9.17) is 0 Å². The molecule has 0 bridgehead atoms. The van der Waals surface area contributed by atoms with Gasteiger partial charge < -0.3 is 5.11 Å². The molecule has 1 N–H and O–H groups in total. The van der Waals surface area contributed by atoms with Crippen molar-refractivity contribution < 1.29 is 18.3 Å². The van der Waals surface area contributed by atoms with Gasteiger partial charge in [0.2, 0.25) is 0 Å². The lowest BCUT2D eigenvalue weighted by molar-refractivity contribution is -0.137. The standard InChI is InChI=1S/C17H20F3N3O/c1-11-13(8-21-22(11)2)9-23-10-15(24)7-16(23)12-4-3-5-14(6-12)17(18,19)20/h3-6,8,15-16,24H,7,9-10H2,1-2H3/t15-,16-/m0/s1. The highest BCUT2D eigenvalue weighted by atomic mass is 19.4. The number of benzene rings is 1. The summed E-state index contributed by atoms with van der Waals surface area (Å²) in [5, 5.41) is 14.2. The number of hydrogen-bond acceptors (Lipinski definition) is 3. The molecule has 2 heterocycles. The fourth-order valence-electron chi connectivity index (χ4n) is 3.24. The SMILES string of the molecule is Cc1c(CN2C[C@@H](O)C[C@H]2c2cccc(C(F)(F)F)c2)cnn1C. The fourth-order valence-corrected chi connectivity index (χ4v) is 3.24. The first-order valence-corrected chi connectivity index (χ1v) is 7.82. The smallest absolute Gasteiger partial charge is 0.392 e. The van der Waals surface area contributed by atoms with Crippen molar-refractivity contribution in [2.75, 3.05) is 6.54 Å². The summed E-state index contributed by atoms with van der Waals surface area (Å²) in [6.07, 6.45) is -2.71. The average molecular weight is 339 g/mol. The van der Waals surface area contributed by atoms with Crippen molar-refractivity contribution in [1.82, 2.24) is 14.7 Å². The average Bonchev–Trinajstić information content (AvgIpc) is 3.04. The Hall–Kier alpha value is -1.86. The van der Waals surface area contributed by atoms with E-state index in [1.54, 1.807) is 16.9 Å². The van der Waals surface area contributed by atoms with E-state index in [1.165, 1.54) is 12.1 Å². The molecule has 3 rings (SSSR count). The summed E-state index contributed by atoms with van der Waals surface area (Å²) in [7, 11) is 1.85. The van der Waals surface area contributed by atoms with Gasteiger partial charge in [0.1, 0.15) is 0 Å². The zero-order chi connectivity index (χ0) is 17.5. The first-order valence-electron chi connectivity index (χ1n) is 7.82. The van der Waals surface area contributed by atoms with Gasteiger partial charge in [0.25, 0.3) is 0 Å². The predicted octanol–water partition coefficient (Wildman–Crippen LogP) is 3.06. The van der Waals surface area contributed by atoms with Crippen molar-refractivity contribution >= 4 is 0 Å². The molecule has 1 saturated heterocycles. The normalized spacial score (nSPS) is 22.2. The van der Waals surface area contributed by atoms with E-state index in [2.05, 4.69) is 5.10 Å². The Balaban J connectivity index is 1.87. The number of halogens is 3. The van der Waals surface area contributed by atoms with Gasteiger partial charge in [-0.1, -0.05) is 12.1 Å². The molecule has 0 radical (unpaired) electrons. The molecule has 24 heavy (non-hydrogen) atoms. The number of β-amino-alcohol motifs (C(OH)–C–C–N with tert-alkyl or cyclic N) is 1. The molecule has 1 aromatic heterocycles. The minimum atomic E-state index is -4.36. The van der Waals surface area contributed by atoms with Crippen molar-refractivity contribution in [3.05, 3.63) is 52.8 Å². The van der Waals surface area contributed by atoms with Crippen molar-refractivity contribution in [3.63, 3.8) is 0 Å². The summed E-state index contributed by atoms with van der Waals surface area (Å²) in [5.41, 5.74) is 1.96. The van der Waals surface area contributed by atoms with Crippen LogP contribution in [0, 0.1) is 6.92 Å². The van der Waals surface area contributed by atoms with Gasteiger partial charge in [-0.2, -0.15) is 18.3 Å². The zero-order valence-electron chi connectivity index (χ0n) is 13.6. The van der Waals surface area contributed by atoms with Crippen LogP contribution in [0.15, 0.2) is 30.5 Å². The van der Waals surface area contributed by atoms with Crippen molar-refractivity contribution in [3.8, 4) is 0 Å². The van der Waals surface area contributed by atoms with E-state index >= 15 is 0 Å². The Kier molecular flexibility index (Phi) is 4.40. The molecule has 1 aromatic carbocycles. The Morgan fingerprint density at radius 3 is 2.71 bits per heavy atom. The third-order valence-corrected chi connectivity index (χ3v) is 4.69. The summed E-state index contributed by atoms with van der Waals surface area (Å²) in [6.45, 7) is 2.95. The molecule has 2 aromatic rings. The summed E-state index contributed by atoms with van der Waals surface area (Å²) in [5.74, 6) is 0. The summed E-state index contributed by atoms with van der Waals surface area (Å²) >= 11 is 0. The number of aryl methyl sites for hydroxylation is 1. The predicted molar refractivity (Wildman–Crippen MR) is 83.2 cm³/mol. The van der Waals surface area contributed by atoms with Gasteiger partial charge in [0.15, 0.2) is 0 Å². The van der Waals surface area contributed by atoms with Gasteiger partial charge in [-0.05, 0) is 31.0 Å². The Morgan fingerprint density at radius 2 is 2.08 bits per heavy atom. The van der Waals surface area contributed by atoms with E-state index in [0.717, 1.165) is 17.3 Å². The van der Waals surface area contributed by atoms with Gasteiger partial charge in [-0.25, -0.2) is 0 Å². The summed E-state index contributed by atoms with van der Waals surface area (Å²) < 4.78 is 40.6. The number of aromatic nitrogens is 2. The van der Waals surface area contributed by atoms with Gasteiger partial charge >= 0.3 is 6.18 Å². The van der Waals surface area contributed by atoms with E-state index in [-0.39, 0.29) is 6.04 Å². The van der Waals surface area contributed by atoms with E-state index in [9.17, 15) is 18.3 Å². The quantitative estimate of drug-likeness (QED) is 0.934. The van der Waals surface area contributed by atoms with Gasteiger partial charge in [0.05, 0.1) is 17.9 Å². The third-order valence-electron chi connectivity index (χ3n) is 4.69. The van der Waals surface area contributed by atoms with Crippen LogP contribution < -0.4 is 0 Å². The van der Waals surface area contributed by atoms with Crippen LogP contribution >= 0.6 is 0 Å². The monoisotopic (exact) mass is 339 g/mol. The first-order chi connectivity index (χ1) is 11.3. The lowest BCUT2D eigenvalue weighted by atomic mass is 10.0. The summed E-state index contributed by atoms with van der Waals surface area (Å²) in [4.78, 5) is 2.02. The number of aliphatic hydroxyl groups excluding tert-OH is 1. The van der Waals surface area contributed by atoms with E-state index in [1.807, 2.05) is 18.9 Å². The molecule has 0 spiro atoms. The second-order valence-corrected chi connectivity index (χ2v) is 6.34. The van der Waals surface area contributed by atoms with E-state index < -0.39 is 17.8 Å². The van der Waals surface area contributed by atoms with Crippen LogP contribution in [-0.2, 0) is 19.8 Å². The zero-order valence-corrected chi connectivity index (χ0v) is 13.6. The Morgan fingerprint density at radius 1 is 1.33 bits per heavy atom. The van der Waals surface area contributed by atoms with Crippen molar-refractivity contribution in [2.24, 2.45) is 7.05 Å². The molecule has 1 fully saturated rings. The Bertz CT molecular complexity index is 726. The lowest BCUT2D eigenvalue weighted by Crippen LogP contribution is -2.24. The maximum atomic E-state index is 13.0. The number of likely N-dealkylation sites (tertiary alicyclic amines) is 1. The molecule has 0 unspecified atom stereocenters. The van der Waals surface area contributed by atoms with Gasteiger partial charge in [0, 0.05) is 37.4 Å². The maximum absolute atomic E-state index is 13.0. The van der Waals surface area contributed by atoms with Crippen LogP contribution in [0.2, 0.25) is 0 Å². The molecule has 0 saturated carbocycles. The number of nitrogens with zero attached hydrogens (tertiary/aromatic N) is 3. The van der Waals surface area contributed by atoms with E-state index in [0.29, 0.717) is 25.1 Å². The molecule has 1 aliphatic heterocycles. The van der Waals surface area contributed by atoms with Crippen LogP contribution in [0.4, 0.5) is 13.2 Å². The third kappa shape index (κ3) is 3.32. The number of aliphatic hydroxyl groups is 1. The topological polar surface area (TPSA) is 41.3 Å². The molecule has 2 atom stereocenters. The molecule has 0 amide bonds. The second-order valence-electron chi connectivity index (χ2n) is 6.34. The highest BCUT2D eigenvalue weighted by Gasteiger charge is 2.35. The number of hydrogen-bond donors (Lipinski definition) is 1. The lowest BCUT2D eigenvalue weighted by Gasteiger charge is -2.25. The van der Waals surface area contributed by atoms with Crippen molar-refractivity contribution in [1.29, 1.82) is 0 Å². The van der Waals surface area contributed by atoms with Crippen molar-refractivity contribution in [2.45, 2.75) is 38.2 Å². The highest BCUT2D eigenvalue weighted by Crippen LogP contribution is 2.37. The minimum absolute atomic E-state index is 0.234. The fraction of sp³-hybridized carbons (Fsp3) is 0.471. The Labute approximate surface area is 138 Å². The number of rotatable bonds is 3. The molecule has 0 aliphatic carbocycles. The largest absolute Gasteiger partial charge is 0.416 e. The van der Waals surface area contributed by atoms with Gasteiger partial charge in [-0.3, -0.25) is 9.58 Å². The molecule has 1 aliphatic rings. The van der Waals surface area contributed by atoms with Crippen LogP contribution in [0.1, 0.15) is 34.8 Å². The molecular weight excluding hydrogens is 319 g/mol. The van der Waals surface area contributed by atoms with Crippen LogP contribution in [0.25, 0.3) is 0 Å². The van der Waals surface area contributed by atoms with Crippen LogP contribution in [0.5, 0.6) is 0 Å². The van der Waals surface area contributed by atoms with Crippen LogP contribution in [0.3, 0.4) is 0 Å². The molecular formula is C17H20F3N3O. The van der Waals surface area contributed by atoms with Gasteiger partial charge in [-0.15, -0.1) is 0 Å². The second kappa shape index (κ2) is 6.22. The molecule has 7 heteroatoms. The number of alkyl halides is 3. The summed E-state index contributed by atoms with van der Waals surface area (Å²) in [6, 6.07) is 5.15.